The molecule has 54 heavy (non-hydrogen) atoms. The summed E-state index contributed by atoms with van der Waals surface area (Å²) in [7, 11) is 0. The summed E-state index contributed by atoms with van der Waals surface area (Å²) in [5.41, 5.74) is 9.90. The first-order valence-electron chi connectivity index (χ1n) is 18.5. The number of aliphatic hydroxyl groups is 1. The SMILES string of the molecule is C=NC(=NCc1cc(SCC(C)(C)C(C)(C)O)cc(-c2cc3c(c4ccccc24)-c2ccccc2C3(C)C)c1)c1ccccc1.C=NCc1ccccc1. The molecule has 1 aliphatic carbocycles. The Labute approximate surface area is 325 Å². The van der Waals surface area contributed by atoms with Crippen LogP contribution in [0, 0.1) is 5.41 Å². The van der Waals surface area contributed by atoms with E-state index < -0.39 is 5.60 Å². The third-order valence-corrected chi connectivity index (χ3v) is 12.3. The van der Waals surface area contributed by atoms with Crippen molar-refractivity contribution in [2.45, 2.75) is 70.5 Å². The van der Waals surface area contributed by atoms with E-state index in [-0.39, 0.29) is 10.8 Å². The Morgan fingerprint density at radius 3 is 1.96 bits per heavy atom. The van der Waals surface area contributed by atoms with E-state index >= 15 is 0 Å². The van der Waals surface area contributed by atoms with E-state index in [1.807, 2.05) is 74.5 Å². The fourth-order valence-electron chi connectivity index (χ4n) is 6.92. The maximum Gasteiger partial charge on any atom is 0.154 e. The van der Waals surface area contributed by atoms with Crippen LogP contribution in [-0.4, -0.2) is 35.7 Å². The molecule has 6 aromatic rings. The molecule has 0 heterocycles. The predicted octanol–water partition coefficient (Wildman–Crippen LogP) is 12.2. The number of aliphatic imine (C=N–C) groups is 3. The van der Waals surface area contributed by atoms with Crippen molar-refractivity contribution in [3.05, 3.63) is 161 Å². The van der Waals surface area contributed by atoms with Crippen LogP contribution >= 0.6 is 11.8 Å². The average molecular weight is 730 g/mol. The molecule has 0 amide bonds. The molecule has 0 saturated heterocycles. The number of nitrogens with zero attached hydrogens (tertiary/aromatic N) is 3. The lowest BCUT2D eigenvalue weighted by Gasteiger charge is -2.37. The first-order valence-corrected chi connectivity index (χ1v) is 19.5. The number of hydrogen-bond acceptors (Lipinski definition) is 4. The van der Waals surface area contributed by atoms with E-state index in [1.54, 1.807) is 11.8 Å². The van der Waals surface area contributed by atoms with Gasteiger partial charge in [0.25, 0.3) is 0 Å². The van der Waals surface area contributed by atoms with Crippen molar-refractivity contribution in [3.63, 3.8) is 0 Å². The first-order chi connectivity index (χ1) is 25.8. The molecule has 0 fully saturated rings. The normalized spacial score (nSPS) is 13.4. The number of rotatable bonds is 10. The molecule has 4 nitrogen and oxygen atoms in total. The van der Waals surface area contributed by atoms with E-state index in [0.717, 1.165) is 28.3 Å². The summed E-state index contributed by atoms with van der Waals surface area (Å²) in [6, 6.07) is 47.0. The summed E-state index contributed by atoms with van der Waals surface area (Å²) in [6.45, 7) is 21.2. The van der Waals surface area contributed by atoms with Crippen molar-refractivity contribution in [2.24, 2.45) is 20.4 Å². The van der Waals surface area contributed by atoms with Crippen LogP contribution in [0.4, 0.5) is 0 Å². The molecular weight excluding hydrogens is 679 g/mol. The Balaban J connectivity index is 0.000000485. The molecule has 0 saturated carbocycles. The Morgan fingerprint density at radius 1 is 0.667 bits per heavy atom. The summed E-state index contributed by atoms with van der Waals surface area (Å²) in [6.07, 6.45) is 0. The van der Waals surface area contributed by atoms with Gasteiger partial charge in [-0.2, -0.15) is 0 Å². The maximum absolute atomic E-state index is 10.9. The molecule has 0 atom stereocenters. The third-order valence-electron chi connectivity index (χ3n) is 10.9. The largest absolute Gasteiger partial charge is 0.390 e. The minimum atomic E-state index is -0.804. The molecule has 0 radical (unpaired) electrons. The predicted molar refractivity (Wildman–Crippen MR) is 234 cm³/mol. The maximum atomic E-state index is 10.9. The van der Waals surface area contributed by atoms with Crippen molar-refractivity contribution in [2.75, 3.05) is 5.75 Å². The molecule has 1 aliphatic rings. The highest BCUT2D eigenvalue weighted by molar-refractivity contribution is 7.99. The molecule has 0 unspecified atom stereocenters. The lowest BCUT2D eigenvalue weighted by atomic mass is 9.79. The van der Waals surface area contributed by atoms with Crippen LogP contribution in [0.25, 0.3) is 33.0 Å². The summed E-state index contributed by atoms with van der Waals surface area (Å²) in [5.74, 6) is 1.42. The molecule has 5 heteroatoms. The smallest absolute Gasteiger partial charge is 0.154 e. The number of benzene rings is 6. The number of hydrogen-bond donors (Lipinski definition) is 1. The fourth-order valence-corrected chi connectivity index (χ4v) is 8.24. The molecular formula is C49H51N3OS. The monoisotopic (exact) mass is 729 g/mol. The minimum absolute atomic E-state index is 0.110. The minimum Gasteiger partial charge on any atom is -0.390 e. The van der Waals surface area contributed by atoms with Crippen LogP contribution in [0.15, 0.2) is 153 Å². The summed E-state index contributed by atoms with van der Waals surface area (Å²) in [4.78, 5) is 14.1. The second kappa shape index (κ2) is 16.1. The van der Waals surface area contributed by atoms with Crippen molar-refractivity contribution < 1.29 is 5.11 Å². The lowest BCUT2D eigenvalue weighted by molar-refractivity contribution is -0.0210. The quantitative estimate of drug-likeness (QED) is 0.0867. The van der Waals surface area contributed by atoms with Crippen LogP contribution in [0.5, 0.6) is 0 Å². The van der Waals surface area contributed by atoms with E-state index in [2.05, 4.69) is 124 Å². The Morgan fingerprint density at radius 2 is 1.30 bits per heavy atom. The van der Waals surface area contributed by atoms with Crippen molar-refractivity contribution in [1.82, 2.24) is 0 Å². The lowest BCUT2D eigenvalue weighted by Crippen LogP contribution is -2.40. The Kier molecular flexibility index (Phi) is 11.5. The zero-order valence-corrected chi connectivity index (χ0v) is 33.3. The molecule has 7 rings (SSSR count). The zero-order chi connectivity index (χ0) is 38.5. The highest BCUT2D eigenvalue weighted by atomic mass is 32.2. The molecule has 0 aromatic heterocycles. The van der Waals surface area contributed by atoms with Crippen LogP contribution in [0.3, 0.4) is 0 Å². The molecule has 0 bridgehead atoms. The van der Waals surface area contributed by atoms with Gasteiger partial charge in [-0.25, -0.2) is 4.99 Å². The van der Waals surface area contributed by atoms with Gasteiger partial charge in [0.1, 0.15) is 0 Å². The average Bonchev–Trinajstić information content (AvgIpc) is 3.40. The van der Waals surface area contributed by atoms with Gasteiger partial charge < -0.3 is 5.11 Å². The third kappa shape index (κ3) is 8.18. The van der Waals surface area contributed by atoms with Gasteiger partial charge in [-0.3, -0.25) is 9.98 Å². The topological polar surface area (TPSA) is 57.3 Å². The number of thioether (sulfide) groups is 1. The van der Waals surface area contributed by atoms with E-state index in [4.69, 9.17) is 4.99 Å². The van der Waals surface area contributed by atoms with Gasteiger partial charge in [0, 0.05) is 27.0 Å². The molecule has 6 aromatic carbocycles. The highest BCUT2D eigenvalue weighted by Gasteiger charge is 2.37. The second-order valence-electron chi connectivity index (χ2n) is 15.7. The van der Waals surface area contributed by atoms with Crippen LogP contribution in [0.2, 0.25) is 0 Å². The molecule has 0 spiro atoms. The van der Waals surface area contributed by atoms with Gasteiger partial charge in [-0.15, -0.1) is 11.8 Å². The fraction of sp³-hybridized carbons (Fsp3) is 0.245. The number of fused-ring (bicyclic) bond motifs is 5. The molecule has 274 valence electrons. The van der Waals surface area contributed by atoms with Crippen molar-refractivity contribution in [1.29, 1.82) is 0 Å². The van der Waals surface area contributed by atoms with Crippen LogP contribution in [0.1, 0.15) is 69.4 Å². The van der Waals surface area contributed by atoms with Crippen LogP contribution in [-0.2, 0) is 18.5 Å². The molecule has 0 aliphatic heterocycles. The summed E-state index contributed by atoms with van der Waals surface area (Å²) >= 11 is 1.79. The highest BCUT2D eigenvalue weighted by Crippen LogP contribution is 2.53. The Hall–Kier alpha value is -5.10. The van der Waals surface area contributed by atoms with Gasteiger partial charge in [-0.1, -0.05) is 137 Å². The van der Waals surface area contributed by atoms with E-state index in [0.29, 0.717) is 12.4 Å². The van der Waals surface area contributed by atoms with E-state index in [9.17, 15) is 5.11 Å². The molecule has 1 N–H and O–H groups in total. The van der Waals surface area contributed by atoms with E-state index in [1.165, 1.54) is 49.7 Å². The first kappa shape index (κ1) is 38.6. The van der Waals surface area contributed by atoms with Gasteiger partial charge in [0.15, 0.2) is 5.84 Å². The van der Waals surface area contributed by atoms with Gasteiger partial charge in [0.2, 0.25) is 0 Å². The Bertz CT molecular complexity index is 2300. The second-order valence-corrected chi connectivity index (χ2v) is 16.7. The van der Waals surface area contributed by atoms with Crippen LogP contribution < -0.4 is 0 Å². The van der Waals surface area contributed by atoms with Gasteiger partial charge >= 0.3 is 0 Å². The standard InChI is InChI=1S/C41H42N2OS.C8H9N/c1-39(2,41(5,6)44)26-45-30-22-27(25-43-38(42-7)28-15-9-8-10-16-28)21-29(23-30)34-24-36-37(32-18-12-11-17-31(32)34)33-19-13-14-20-35(33)40(36,3)4;1-9-7-8-5-3-2-4-6-8/h8-24,44H,7,25-26H2,1-6H3;2-6H,1,7H2. The van der Waals surface area contributed by atoms with Gasteiger partial charge in [-0.05, 0) is 107 Å². The summed E-state index contributed by atoms with van der Waals surface area (Å²) in [5, 5.41) is 13.4. The van der Waals surface area contributed by atoms with Crippen molar-refractivity contribution >= 4 is 41.8 Å². The van der Waals surface area contributed by atoms with Gasteiger partial charge in [0.05, 0.1) is 18.7 Å². The summed E-state index contributed by atoms with van der Waals surface area (Å²) < 4.78 is 0. The zero-order valence-electron chi connectivity index (χ0n) is 32.4. The van der Waals surface area contributed by atoms with Crippen molar-refractivity contribution in [3.8, 4) is 22.3 Å². The number of amidine groups is 1.